The summed E-state index contributed by atoms with van der Waals surface area (Å²) in [4.78, 5) is 13.8. The molecule has 148 valence electrons. The third-order valence-electron chi connectivity index (χ3n) is 4.92. The number of benzene rings is 1. The molecule has 1 N–H and O–H groups in total. The van der Waals surface area contributed by atoms with Crippen molar-refractivity contribution in [3.63, 3.8) is 0 Å². The number of rotatable bonds is 5. The van der Waals surface area contributed by atoms with Gasteiger partial charge in [-0.2, -0.15) is 5.26 Å². The highest BCUT2D eigenvalue weighted by atomic mass is 32.2. The number of nitriles is 1. The third-order valence-corrected chi connectivity index (χ3v) is 7.07. The molecule has 0 saturated heterocycles. The summed E-state index contributed by atoms with van der Waals surface area (Å²) in [6.45, 7) is 0. The van der Waals surface area contributed by atoms with Crippen LogP contribution < -0.4 is 5.32 Å². The Morgan fingerprint density at radius 2 is 2.00 bits per heavy atom. The van der Waals surface area contributed by atoms with Crippen LogP contribution in [0.4, 0.5) is 5.00 Å². The summed E-state index contributed by atoms with van der Waals surface area (Å²) in [7, 11) is 0. The van der Waals surface area contributed by atoms with Crippen LogP contribution in [0.2, 0.25) is 0 Å². The van der Waals surface area contributed by atoms with Gasteiger partial charge in [0.2, 0.25) is 5.91 Å². The first-order chi connectivity index (χ1) is 14.3. The molecule has 1 aliphatic carbocycles. The van der Waals surface area contributed by atoms with E-state index in [2.05, 4.69) is 21.6 Å². The number of para-hydroxylation sites is 1. The van der Waals surface area contributed by atoms with E-state index in [4.69, 9.17) is 0 Å². The van der Waals surface area contributed by atoms with E-state index in [0.29, 0.717) is 15.7 Å². The van der Waals surface area contributed by atoms with Crippen molar-refractivity contribution in [2.45, 2.75) is 43.7 Å². The highest BCUT2D eigenvalue weighted by molar-refractivity contribution is 7.99. The molecule has 0 unspecified atom stereocenters. The topological polar surface area (TPSA) is 83.6 Å². The van der Waals surface area contributed by atoms with Gasteiger partial charge in [-0.1, -0.05) is 42.8 Å². The zero-order valence-electron chi connectivity index (χ0n) is 15.9. The van der Waals surface area contributed by atoms with Gasteiger partial charge in [0.15, 0.2) is 5.16 Å². The predicted molar refractivity (Wildman–Crippen MR) is 116 cm³/mol. The molecule has 6 nitrogen and oxygen atoms in total. The second-order valence-corrected chi connectivity index (χ2v) is 8.94. The van der Waals surface area contributed by atoms with Gasteiger partial charge in [0.25, 0.3) is 0 Å². The average Bonchev–Trinajstić information content (AvgIpc) is 3.31. The maximum Gasteiger partial charge on any atom is 0.235 e. The van der Waals surface area contributed by atoms with Gasteiger partial charge in [-0.15, -0.1) is 21.5 Å². The number of fused-ring (bicyclic) bond motifs is 1. The van der Waals surface area contributed by atoms with Crippen LogP contribution in [0, 0.1) is 11.3 Å². The summed E-state index contributed by atoms with van der Waals surface area (Å²) < 4.78 is 1.86. The second kappa shape index (κ2) is 9.25. The van der Waals surface area contributed by atoms with Crippen molar-refractivity contribution >= 4 is 34.0 Å². The van der Waals surface area contributed by atoms with Gasteiger partial charge in [0.05, 0.1) is 11.3 Å². The number of nitrogens with one attached hydrogen (secondary N) is 1. The summed E-state index contributed by atoms with van der Waals surface area (Å²) in [5, 5.41) is 22.1. The lowest BCUT2D eigenvalue weighted by molar-refractivity contribution is -0.113. The molecule has 0 bridgehead atoms. The van der Waals surface area contributed by atoms with Crippen LogP contribution in [0.25, 0.3) is 5.69 Å². The van der Waals surface area contributed by atoms with Crippen molar-refractivity contribution in [1.29, 1.82) is 5.26 Å². The fourth-order valence-electron chi connectivity index (χ4n) is 3.51. The van der Waals surface area contributed by atoms with Crippen LogP contribution >= 0.6 is 23.1 Å². The van der Waals surface area contributed by atoms with Crippen LogP contribution in [-0.2, 0) is 17.6 Å². The van der Waals surface area contributed by atoms with Gasteiger partial charge in [-0.25, -0.2) is 0 Å². The molecule has 29 heavy (non-hydrogen) atoms. The maximum atomic E-state index is 12.6. The first-order valence-corrected chi connectivity index (χ1v) is 11.5. The van der Waals surface area contributed by atoms with E-state index in [-0.39, 0.29) is 11.7 Å². The van der Waals surface area contributed by atoms with Crippen molar-refractivity contribution in [2.75, 3.05) is 11.1 Å². The molecule has 3 aromatic rings. The minimum Gasteiger partial charge on any atom is -0.316 e. The smallest absolute Gasteiger partial charge is 0.235 e. The van der Waals surface area contributed by atoms with E-state index in [1.54, 1.807) is 17.7 Å². The fraction of sp³-hybridized carbons (Fsp3) is 0.333. The van der Waals surface area contributed by atoms with Gasteiger partial charge in [-0.05, 0) is 43.4 Å². The Hall–Kier alpha value is -2.63. The summed E-state index contributed by atoms with van der Waals surface area (Å²) in [6, 6.07) is 12.1. The Kier molecular flexibility index (Phi) is 6.27. The minimum atomic E-state index is -0.136. The van der Waals surface area contributed by atoms with E-state index in [9.17, 15) is 10.1 Å². The zero-order valence-corrected chi connectivity index (χ0v) is 17.6. The zero-order chi connectivity index (χ0) is 20.1. The molecule has 0 spiro atoms. The quantitative estimate of drug-likeness (QED) is 0.607. The molecule has 0 radical (unpaired) electrons. The van der Waals surface area contributed by atoms with Crippen molar-refractivity contribution in [3.8, 4) is 11.8 Å². The van der Waals surface area contributed by atoms with Crippen molar-refractivity contribution in [1.82, 2.24) is 14.8 Å². The van der Waals surface area contributed by atoms with E-state index in [1.807, 2.05) is 34.9 Å². The van der Waals surface area contributed by atoms with Crippen molar-refractivity contribution in [3.05, 3.63) is 52.7 Å². The molecule has 2 heterocycles. The largest absolute Gasteiger partial charge is 0.316 e. The maximum absolute atomic E-state index is 12.6. The molecule has 0 saturated carbocycles. The predicted octanol–water partition coefficient (Wildman–Crippen LogP) is 4.59. The van der Waals surface area contributed by atoms with Crippen molar-refractivity contribution in [2.24, 2.45) is 0 Å². The molecule has 0 aliphatic heterocycles. The van der Waals surface area contributed by atoms with E-state index in [1.165, 1.54) is 29.5 Å². The third kappa shape index (κ3) is 4.52. The molecule has 1 aliphatic rings. The Morgan fingerprint density at radius 1 is 1.21 bits per heavy atom. The standard InChI is InChI=1S/C21H21N5OS2/c22-12-17-16-10-6-1-2-7-11-18(16)29-20(17)24-19(27)13-28-21-25-23-14-26(21)15-8-4-3-5-9-15/h3-5,8-9,14H,1-2,6-7,10-11,13H2,(H,24,27). The fourth-order valence-corrected chi connectivity index (χ4v) is 5.49. The van der Waals surface area contributed by atoms with Gasteiger partial charge >= 0.3 is 0 Å². The number of aromatic nitrogens is 3. The number of aryl methyl sites for hydroxylation is 1. The van der Waals surface area contributed by atoms with Gasteiger partial charge < -0.3 is 5.32 Å². The van der Waals surface area contributed by atoms with Gasteiger partial charge in [0.1, 0.15) is 17.4 Å². The lowest BCUT2D eigenvalue weighted by Crippen LogP contribution is -2.14. The number of carbonyl (C=O) groups is 1. The average molecular weight is 424 g/mol. The van der Waals surface area contributed by atoms with Gasteiger partial charge in [-0.3, -0.25) is 9.36 Å². The molecule has 1 amide bonds. The van der Waals surface area contributed by atoms with Crippen molar-refractivity contribution < 1.29 is 4.79 Å². The molecule has 0 fully saturated rings. The van der Waals surface area contributed by atoms with E-state index >= 15 is 0 Å². The number of hydrogen-bond acceptors (Lipinski definition) is 6. The first kappa shape index (κ1) is 19.7. The molecule has 1 aromatic carbocycles. The number of amides is 1. The lowest BCUT2D eigenvalue weighted by Gasteiger charge is -2.08. The normalized spacial score (nSPS) is 13.8. The van der Waals surface area contributed by atoms with Crippen LogP contribution in [0.3, 0.4) is 0 Å². The number of hydrogen-bond donors (Lipinski definition) is 1. The monoisotopic (exact) mass is 423 g/mol. The number of thiophene rings is 1. The Bertz CT molecular complexity index is 1040. The number of thioether (sulfide) groups is 1. The number of anilines is 1. The van der Waals surface area contributed by atoms with Crippen LogP contribution in [-0.4, -0.2) is 26.4 Å². The minimum absolute atomic E-state index is 0.136. The molecule has 8 heteroatoms. The highest BCUT2D eigenvalue weighted by Crippen LogP contribution is 2.36. The van der Waals surface area contributed by atoms with E-state index < -0.39 is 0 Å². The molecular weight excluding hydrogens is 402 g/mol. The molecular formula is C21H21N5OS2. The lowest BCUT2D eigenvalue weighted by atomic mass is 9.97. The molecule has 0 atom stereocenters. The summed E-state index contributed by atoms with van der Waals surface area (Å²) in [5.41, 5.74) is 2.74. The summed E-state index contributed by atoms with van der Waals surface area (Å²) in [6.07, 6.45) is 8.27. The molecule has 4 rings (SSSR count). The number of carbonyl (C=O) groups excluding carboxylic acids is 1. The SMILES string of the molecule is N#Cc1c(NC(=O)CSc2nncn2-c2ccccc2)sc2c1CCCCCC2. The highest BCUT2D eigenvalue weighted by Gasteiger charge is 2.20. The van der Waals surface area contributed by atoms with Crippen LogP contribution in [0.1, 0.15) is 41.7 Å². The van der Waals surface area contributed by atoms with Crippen LogP contribution in [0.5, 0.6) is 0 Å². The summed E-state index contributed by atoms with van der Waals surface area (Å²) >= 11 is 2.89. The Morgan fingerprint density at radius 3 is 2.79 bits per heavy atom. The van der Waals surface area contributed by atoms with E-state index in [0.717, 1.165) is 36.9 Å². The second-order valence-electron chi connectivity index (χ2n) is 6.89. The van der Waals surface area contributed by atoms with Gasteiger partial charge in [0, 0.05) is 10.6 Å². The Labute approximate surface area is 178 Å². The van der Waals surface area contributed by atoms with Crippen LogP contribution in [0.15, 0.2) is 41.8 Å². The number of nitrogens with zero attached hydrogens (tertiary/aromatic N) is 4. The Balaban J connectivity index is 1.44. The first-order valence-electron chi connectivity index (χ1n) is 9.69. The molecule has 2 aromatic heterocycles. The summed E-state index contributed by atoms with van der Waals surface area (Å²) in [5.74, 6) is 0.0715.